The number of aromatic nitrogens is 3. The van der Waals surface area contributed by atoms with Crippen LogP contribution < -0.4 is 4.74 Å². The number of ether oxygens (including phenoxy) is 3. The van der Waals surface area contributed by atoms with Gasteiger partial charge in [-0.05, 0) is 15.9 Å². The Bertz CT molecular complexity index is 279. The van der Waals surface area contributed by atoms with Crippen LogP contribution in [0.4, 0.5) is 0 Å². The van der Waals surface area contributed by atoms with Crippen molar-refractivity contribution in [1.29, 1.82) is 0 Å². The largest absolute Gasteiger partial charge is 0.461 e. The molecule has 1 rings (SSSR count). The fraction of sp³-hybridized carbons (Fsp3) is 0.714. The van der Waals surface area contributed by atoms with Crippen LogP contribution in [0.2, 0.25) is 0 Å². The molecule has 1 aromatic heterocycles. The zero-order chi connectivity index (χ0) is 10.4. The van der Waals surface area contributed by atoms with Crippen molar-refractivity contribution in [2.45, 2.75) is 6.73 Å². The number of nitrogens with zero attached hydrogens (tertiary/aromatic N) is 3. The summed E-state index contributed by atoms with van der Waals surface area (Å²) >= 11 is 3.15. The minimum atomic E-state index is 0.306. The molecule has 0 radical (unpaired) electrons. The highest BCUT2D eigenvalue weighted by molar-refractivity contribution is 9.10. The first kappa shape index (κ1) is 11.4. The summed E-state index contributed by atoms with van der Waals surface area (Å²) in [5.41, 5.74) is 0. The van der Waals surface area contributed by atoms with E-state index >= 15 is 0 Å². The van der Waals surface area contributed by atoms with Gasteiger partial charge >= 0.3 is 6.01 Å². The highest BCUT2D eigenvalue weighted by Gasteiger charge is 2.08. The number of hydrogen-bond donors (Lipinski definition) is 0. The summed E-state index contributed by atoms with van der Waals surface area (Å²) in [6.07, 6.45) is 0. The lowest BCUT2D eigenvalue weighted by molar-refractivity contribution is 0.0959. The molecule has 0 aliphatic heterocycles. The van der Waals surface area contributed by atoms with Crippen LogP contribution in [0.5, 0.6) is 6.01 Å². The zero-order valence-electron chi connectivity index (χ0n) is 8.07. The smallest absolute Gasteiger partial charge is 0.318 e. The van der Waals surface area contributed by atoms with Crippen LogP contribution >= 0.6 is 15.9 Å². The van der Waals surface area contributed by atoms with Crippen molar-refractivity contribution in [3.05, 3.63) is 4.73 Å². The molecular weight excluding hydrogens is 254 g/mol. The van der Waals surface area contributed by atoms with E-state index in [1.807, 2.05) is 0 Å². The van der Waals surface area contributed by atoms with Gasteiger partial charge in [-0.2, -0.15) is 9.67 Å². The molecule has 0 saturated carbocycles. The standard InChI is InChI=1S/C7H12BrN3O3/c1-12-3-4-14-7-9-6(8)10-11(7)5-13-2/h3-5H2,1-2H3. The molecule has 0 atom stereocenters. The van der Waals surface area contributed by atoms with Crippen molar-refractivity contribution in [3.8, 4) is 6.01 Å². The van der Waals surface area contributed by atoms with Gasteiger partial charge < -0.3 is 14.2 Å². The van der Waals surface area contributed by atoms with Gasteiger partial charge in [0, 0.05) is 14.2 Å². The van der Waals surface area contributed by atoms with Crippen LogP contribution in [0.25, 0.3) is 0 Å². The first-order chi connectivity index (χ1) is 6.77. The van der Waals surface area contributed by atoms with Crippen molar-refractivity contribution in [2.24, 2.45) is 0 Å². The fourth-order valence-corrected chi connectivity index (χ4v) is 1.17. The van der Waals surface area contributed by atoms with Crippen LogP contribution in [0.3, 0.4) is 0 Å². The quantitative estimate of drug-likeness (QED) is 0.708. The molecule has 0 saturated heterocycles. The normalized spacial score (nSPS) is 10.5. The maximum atomic E-state index is 5.31. The van der Waals surface area contributed by atoms with Gasteiger partial charge in [0.05, 0.1) is 6.61 Å². The van der Waals surface area contributed by atoms with Crippen molar-refractivity contribution in [1.82, 2.24) is 14.8 Å². The molecule has 7 heteroatoms. The van der Waals surface area contributed by atoms with Crippen LogP contribution in [0.15, 0.2) is 4.73 Å². The molecule has 0 unspecified atom stereocenters. The lowest BCUT2D eigenvalue weighted by Gasteiger charge is -2.05. The summed E-state index contributed by atoms with van der Waals surface area (Å²) < 4.78 is 17.1. The Labute approximate surface area is 90.3 Å². The highest BCUT2D eigenvalue weighted by Crippen LogP contribution is 2.11. The minimum Gasteiger partial charge on any atom is -0.461 e. The average Bonchev–Trinajstić information content (AvgIpc) is 2.48. The SMILES string of the molecule is COCCOc1nc(Br)nn1COC. The number of halogens is 1. The van der Waals surface area contributed by atoms with E-state index in [-0.39, 0.29) is 0 Å². The summed E-state index contributed by atoms with van der Waals surface area (Å²) in [4.78, 5) is 4.01. The third-order valence-electron chi connectivity index (χ3n) is 1.38. The molecule has 80 valence electrons. The second-order valence-corrected chi connectivity index (χ2v) is 3.13. The highest BCUT2D eigenvalue weighted by atomic mass is 79.9. The van der Waals surface area contributed by atoms with Crippen molar-refractivity contribution in [2.75, 3.05) is 27.4 Å². The van der Waals surface area contributed by atoms with Gasteiger partial charge in [0.1, 0.15) is 13.3 Å². The number of rotatable bonds is 6. The van der Waals surface area contributed by atoms with Crippen molar-refractivity contribution >= 4 is 15.9 Å². The van der Waals surface area contributed by atoms with Crippen molar-refractivity contribution < 1.29 is 14.2 Å². The average molecular weight is 266 g/mol. The first-order valence-electron chi connectivity index (χ1n) is 3.99. The topological polar surface area (TPSA) is 58.4 Å². The molecule has 1 heterocycles. The van der Waals surface area contributed by atoms with E-state index < -0.39 is 0 Å². The van der Waals surface area contributed by atoms with Gasteiger partial charge in [0.15, 0.2) is 0 Å². The van der Waals surface area contributed by atoms with E-state index in [1.165, 1.54) is 4.68 Å². The fourth-order valence-electron chi connectivity index (χ4n) is 0.831. The second kappa shape index (κ2) is 5.94. The Hall–Kier alpha value is -0.660. The number of hydrogen-bond acceptors (Lipinski definition) is 5. The Kier molecular flexibility index (Phi) is 4.85. The van der Waals surface area contributed by atoms with E-state index in [0.29, 0.717) is 30.7 Å². The molecule has 0 bridgehead atoms. The van der Waals surface area contributed by atoms with E-state index in [4.69, 9.17) is 14.2 Å². The number of methoxy groups -OCH3 is 2. The first-order valence-corrected chi connectivity index (χ1v) is 4.78. The molecule has 0 fully saturated rings. The summed E-state index contributed by atoms with van der Waals surface area (Å²) in [6, 6.07) is 0.413. The monoisotopic (exact) mass is 265 g/mol. The maximum absolute atomic E-state index is 5.31. The zero-order valence-corrected chi connectivity index (χ0v) is 9.65. The molecule has 6 nitrogen and oxygen atoms in total. The molecule has 0 spiro atoms. The van der Waals surface area contributed by atoms with Gasteiger partial charge in [0.25, 0.3) is 0 Å². The Morgan fingerprint density at radius 3 is 2.71 bits per heavy atom. The van der Waals surface area contributed by atoms with Gasteiger partial charge in [-0.25, -0.2) is 0 Å². The van der Waals surface area contributed by atoms with Crippen molar-refractivity contribution in [3.63, 3.8) is 0 Å². The van der Waals surface area contributed by atoms with Crippen LogP contribution in [0.1, 0.15) is 0 Å². The molecule has 14 heavy (non-hydrogen) atoms. The lowest BCUT2D eigenvalue weighted by atomic mass is 10.8. The molecule has 1 aromatic rings. The van der Waals surface area contributed by atoms with Gasteiger partial charge in [-0.3, -0.25) is 0 Å². The van der Waals surface area contributed by atoms with E-state index in [1.54, 1.807) is 14.2 Å². The molecule has 0 N–H and O–H groups in total. The third kappa shape index (κ3) is 3.24. The van der Waals surface area contributed by atoms with Crippen LogP contribution in [0, 0.1) is 0 Å². The molecule has 0 amide bonds. The predicted octanol–water partition coefficient (Wildman–Crippen LogP) is 0.670. The molecular formula is C7H12BrN3O3. The summed E-state index contributed by atoms with van der Waals surface area (Å²) in [5.74, 6) is 0. The predicted molar refractivity (Wildman–Crippen MR) is 52.1 cm³/mol. The van der Waals surface area contributed by atoms with Gasteiger partial charge in [-0.15, -0.1) is 5.10 Å². The molecule has 0 aromatic carbocycles. The van der Waals surface area contributed by atoms with Crippen LogP contribution in [-0.4, -0.2) is 42.2 Å². The van der Waals surface area contributed by atoms with E-state index in [0.717, 1.165) is 0 Å². The summed E-state index contributed by atoms with van der Waals surface area (Å²) in [7, 11) is 3.19. The summed E-state index contributed by atoms with van der Waals surface area (Å²) in [5, 5.41) is 4.01. The van der Waals surface area contributed by atoms with Crippen LogP contribution in [-0.2, 0) is 16.2 Å². The Balaban J connectivity index is 2.54. The second-order valence-electron chi connectivity index (χ2n) is 2.42. The maximum Gasteiger partial charge on any atom is 0.318 e. The Morgan fingerprint density at radius 2 is 2.07 bits per heavy atom. The van der Waals surface area contributed by atoms with Gasteiger partial charge in [0.2, 0.25) is 4.73 Å². The van der Waals surface area contributed by atoms with Gasteiger partial charge in [-0.1, -0.05) is 0 Å². The van der Waals surface area contributed by atoms with E-state index in [9.17, 15) is 0 Å². The summed E-state index contributed by atoms with van der Waals surface area (Å²) in [6.45, 7) is 1.25. The third-order valence-corrected chi connectivity index (χ3v) is 1.72. The minimum absolute atomic E-state index is 0.306. The van der Waals surface area contributed by atoms with E-state index in [2.05, 4.69) is 26.0 Å². The molecule has 0 aliphatic carbocycles. The lowest BCUT2D eigenvalue weighted by Crippen LogP contribution is -2.10. The molecule has 0 aliphatic rings. The Morgan fingerprint density at radius 1 is 1.29 bits per heavy atom.